The van der Waals surface area contributed by atoms with Crippen LogP contribution < -0.4 is 4.90 Å². The predicted octanol–water partition coefficient (Wildman–Crippen LogP) is 2.06. The zero-order chi connectivity index (χ0) is 18.6. The number of hydrogen-bond donors (Lipinski definition) is 0. The minimum absolute atomic E-state index is 0.0537. The number of sulfone groups is 1. The molecule has 1 atom stereocenters. The molecule has 2 aromatic rings. The van der Waals surface area contributed by atoms with Crippen molar-refractivity contribution in [2.45, 2.75) is 12.5 Å². The maximum absolute atomic E-state index is 12.7. The normalized spacial score (nSPS) is 18.2. The second-order valence-corrected chi connectivity index (χ2v) is 8.33. The van der Waals surface area contributed by atoms with Crippen LogP contribution in [0.1, 0.15) is 16.8 Å². The van der Waals surface area contributed by atoms with E-state index in [1.807, 2.05) is 6.07 Å². The van der Waals surface area contributed by atoms with Gasteiger partial charge < -0.3 is 9.64 Å². The van der Waals surface area contributed by atoms with Crippen LogP contribution in [0.5, 0.6) is 0 Å². The summed E-state index contributed by atoms with van der Waals surface area (Å²) in [4.78, 5) is 26.2. The third-order valence-corrected chi connectivity index (χ3v) is 5.96. The number of esters is 1. The molecule has 0 saturated carbocycles. The highest BCUT2D eigenvalue weighted by Gasteiger charge is 2.35. The summed E-state index contributed by atoms with van der Waals surface area (Å²) in [5.41, 5.74) is 0.949. The SMILES string of the molecule is O=C(OCC(=O)N(c1ccccc1)[C@H]1CCS(=O)(=O)C1)c1ccccc1. The van der Waals surface area contributed by atoms with E-state index in [2.05, 4.69) is 0 Å². The van der Waals surface area contributed by atoms with E-state index in [1.54, 1.807) is 54.6 Å². The molecule has 6 nitrogen and oxygen atoms in total. The summed E-state index contributed by atoms with van der Waals surface area (Å²) >= 11 is 0. The number of hydrogen-bond acceptors (Lipinski definition) is 5. The highest BCUT2D eigenvalue weighted by atomic mass is 32.2. The van der Waals surface area contributed by atoms with Gasteiger partial charge in [-0.1, -0.05) is 36.4 Å². The fourth-order valence-corrected chi connectivity index (χ4v) is 4.68. The molecule has 7 heteroatoms. The number of amides is 1. The molecule has 1 aliphatic rings. The molecule has 0 bridgehead atoms. The second-order valence-electron chi connectivity index (χ2n) is 6.10. The molecule has 1 fully saturated rings. The van der Waals surface area contributed by atoms with Crippen molar-refractivity contribution in [1.29, 1.82) is 0 Å². The third-order valence-electron chi connectivity index (χ3n) is 4.21. The lowest BCUT2D eigenvalue weighted by Crippen LogP contribution is -2.43. The van der Waals surface area contributed by atoms with Gasteiger partial charge in [-0.2, -0.15) is 0 Å². The molecule has 26 heavy (non-hydrogen) atoms. The van der Waals surface area contributed by atoms with Gasteiger partial charge in [0.15, 0.2) is 16.4 Å². The third kappa shape index (κ3) is 4.29. The lowest BCUT2D eigenvalue weighted by Gasteiger charge is -2.28. The molecule has 0 spiro atoms. The highest BCUT2D eigenvalue weighted by Crippen LogP contribution is 2.24. The van der Waals surface area contributed by atoms with Crippen molar-refractivity contribution in [2.75, 3.05) is 23.0 Å². The van der Waals surface area contributed by atoms with E-state index in [0.29, 0.717) is 17.7 Å². The Balaban J connectivity index is 1.74. The maximum Gasteiger partial charge on any atom is 0.338 e. The first kappa shape index (κ1) is 18.1. The van der Waals surface area contributed by atoms with Crippen LogP contribution in [0.25, 0.3) is 0 Å². The quantitative estimate of drug-likeness (QED) is 0.750. The van der Waals surface area contributed by atoms with E-state index in [1.165, 1.54) is 4.90 Å². The molecule has 2 aromatic carbocycles. The summed E-state index contributed by atoms with van der Waals surface area (Å²) in [5.74, 6) is -1.06. The summed E-state index contributed by atoms with van der Waals surface area (Å²) < 4.78 is 28.8. The van der Waals surface area contributed by atoms with Crippen LogP contribution in [0.15, 0.2) is 60.7 Å². The van der Waals surface area contributed by atoms with Crippen LogP contribution in [0.2, 0.25) is 0 Å². The van der Waals surface area contributed by atoms with Crippen LogP contribution in [0.3, 0.4) is 0 Å². The van der Waals surface area contributed by atoms with Crippen molar-refractivity contribution in [3.05, 3.63) is 66.2 Å². The van der Waals surface area contributed by atoms with Crippen molar-refractivity contribution < 1.29 is 22.7 Å². The van der Waals surface area contributed by atoms with Gasteiger partial charge in [0.05, 0.1) is 23.1 Å². The summed E-state index contributed by atoms with van der Waals surface area (Å²) in [6, 6.07) is 16.8. The van der Waals surface area contributed by atoms with Gasteiger partial charge in [0.2, 0.25) is 0 Å². The molecule has 1 aliphatic heterocycles. The highest BCUT2D eigenvalue weighted by molar-refractivity contribution is 7.91. The first-order chi connectivity index (χ1) is 12.5. The standard InChI is InChI=1S/C19H19NO5S/c21-18(13-25-19(22)15-7-3-1-4-8-15)20(16-9-5-2-6-10-16)17-11-12-26(23,24)14-17/h1-10,17H,11-14H2/t17-/m0/s1. The lowest BCUT2D eigenvalue weighted by molar-refractivity contribution is -0.122. The molecule has 136 valence electrons. The van der Waals surface area contributed by atoms with Gasteiger partial charge in [-0.15, -0.1) is 0 Å². The van der Waals surface area contributed by atoms with Gasteiger partial charge in [-0.05, 0) is 30.7 Å². The minimum Gasteiger partial charge on any atom is -0.452 e. The molecule has 0 aromatic heterocycles. The average molecular weight is 373 g/mol. The second kappa shape index (κ2) is 7.70. The molecule has 0 radical (unpaired) electrons. The minimum atomic E-state index is -3.16. The Kier molecular flexibility index (Phi) is 5.37. The van der Waals surface area contributed by atoms with Gasteiger partial charge in [0.25, 0.3) is 5.91 Å². The van der Waals surface area contributed by atoms with E-state index in [-0.39, 0.29) is 11.5 Å². The van der Waals surface area contributed by atoms with Crippen molar-refractivity contribution in [2.24, 2.45) is 0 Å². The molecule has 0 aliphatic carbocycles. The molecular formula is C19H19NO5S. The zero-order valence-corrected chi connectivity index (χ0v) is 14.9. The number of carbonyl (C=O) groups is 2. The molecule has 1 saturated heterocycles. The molecule has 0 unspecified atom stereocenters. The zero-order valence-electron chi connectivity index (χ0n) is 14.1. The van der Waals surface area contributed by atoms with Gasteiger partial charge in [-0.3, -0.25) is 4.79 Å². The van der Waals surface area contributed by atoms with Crippen LogP contribution in [-0.4, -0.2) is 44.4 Å². The number of rotatable bonds is 5. The van der Waals surface area contributed by atoms with Gasteiger partial charge in [0, 0.05) is 5.69 Å². The molecule has 1 heterocycles. The number of nitrogens with zero attached hydrogens (tertiary/aromatic N) is 1. The van der Waals surface area contributed by atoms with Crippen LogP contribution >= 0.6 is 0 Å². The molecule has 3 rings (SSSR count). The Morgan fingerprint density at radius 2 is 1.62 bits per heavy atom. The molecule has 0 N–H and O–H groups in total. The van der Waals surface area contributed by atoms with E-state index in [4.69, 9.17) is 4.74 Å². The van der Waals surface area contributed by atoms with Crippen molar-refractivity contribution in [1.82, 2.24) is 0 Å². The summed E-state index contributed by atoms with van der Waals surface area (Å²) in [5, 5.41) is 0. The van der Waals surface area contributed by atoms with Crippen LogP contribution in [-0.2, 0) is 19.4 Å². The Bertz CT molecular complexity index is 881. The van der Waals surface area contributed by atoms with Gasteiger partial charge in [-0.25, -0.2) is 13.2 Å². The van der Waals surface area contributed by atoms with E-state index in [0.717, 1.165) is 0 Å². The number of para-hydroxylation sites is 1. The maximum atomic E-state index is 12.7. The average Bonchev–Trinajstić information content (AvgIpc) is 3.01. The monoisotopic (exact) mass is 373 g/mol. The van der Waals surface area contributed by atoms with Gasteiger partial charge >= 0.3 is 5.97 Å². The van der Waals surface area contributed by atoms with E-state index in [9.17, 15) is 18.0 Å². The summed E-state index contributed by atoms with van der Waals surface area (Å²) in [6.07, 6.45) is 0.371. The van der Waals surface area contributed by atoms with E-state index < -0.39 is 34.4 Å². The number of anilines is 1. The first-order valence-corrected chi connectivity index (χ1v) is 10.1. The topological polar surface area (TPSA) is 80.8 Å². The number of carbonyl (C=O) groups excluding carboxylic acids is 2. The predicted molar refractivity (Wildman–Crippen MR) is 97.7 cm³/mol. The van der Waals surface area contributed by atoms with Crippen molar-refractivity contribution in [3.8, 4) is 0 Å². The lowest BCUT2D eigenvalue weighted by atomic mass is 10.2. The van der Waals surface area contributed by atoms with Crippen molar-refractivity contribution >= 4 is 27.4 Å². The largest absolute Gasteiger partial charge is 0.452 e. The fraction of sp³-hybridized carbons (Fsp3) is 0.263. The summed E-state index contributed by atoms with van der Waals surface area (Å²) in [7, 11) is -3.16. The van der Waals surface area contributed by atoms with Crippen molar-refractivity contribution in [3.63, 3.8) is 0 Å². The molecular weight excluding hydrogens is 354 g/mol. The molecule has 1 amide bonds. The van der Waals surface area contributed by atoms with Crippen LogP contribution in [0.4, 0.5) is 5.69 Å². The summed E-state index contributed by atoms with van der Waals surface area (Å²) in [6.45, 7) is -0.445. The fourth-order valence-electron chi connectivity index (χ4n) is 2.98. The number of benzene rings is 2. The Hall–Kier alpha value is -2.67. The van der Waals surface area contributed by atoms with E-state index >= 15 is 0 Å². The smallest absolute Gasteiger partial charge is 0.338 e. The Morgan fingerprint density at radius 1 is 1.00 bits per heavy atom. The first-order valence-electron chi connectivity index (χ1n) is 8.26. The Morgan fingerprint density at radius 3 is 2.19 bits per heavy atom. The van der Waals surface area contributed by atoms with Gasteiger partial charge in [0.1, 0.15) is 0 Å². The number of ether oxygens (including phenoxy) is 1. The van der Waals surface area contributed by atoms with Crippen LogP contribution in [0, 0.1) is 0 Å². The Labute approximate surface area is 152 Å².